The van der Waals surface area contributed by atoms with E-state index < -0.39 is 0 Å². The highest BCUT2D eigenvalue weighted by Crippen LogP contribution is 2.28. The first-order chi connectivity index (χ1) is 9.58. The van der Waals surface area contributed by atoms with E-state index in [1.54, 1.807) is 7.11 Å². The maximum Gasteiger partial charge on any atom is 0.128 e. The van der Waals surface area contributed by atoms with Gasteiger partial charge in [-0.25, -0.2) is 0 Å². The molecule has 1 unspecified atom stereocenters. The third-order valence-corrected chi connectivity index (χ3v) is 3.21. The first kappa shape index (κ1) is 14.7. The van der Waals surface area contributed by atoms with Crippen LogP contribution in [0.15, 0.2) is 42.5 Å². The summed E-state index contributed by atoms with van der Waals surface area (Å²) in [5.74, 6) is 2.23. The van der Waals surface area contributed by atoms with Crippen LogP contribution in [0.1, 0.15) is 12.5 Å². The second-order valence-corrected chi connectivity index (χ2v) is 5.12. The van der Waals surface area contributed by atoms with Gasteiger partial charge in [-0.2, -0.15) is 0 Å². The van der Waals surface area contributed by atoms with Gasteiger partial charge in [-0.05, 0) is 55.3 Å². The summed E-state index contributed by atoms with van der Waals surface area (Å²) in [6, 6.07) is 13.1. The Kier molecular flexibility index (Phi) is 4.88. The van der Waals surface area contributed by atoms with Crippen molar-refractivity contribution in [2.24, 2.45) is 5.73 Å². The zero-order chi connectivity index (χ0) is 14.5. The normalized spacial score (nSPS) is 12.0. The molecule has 0 aromatic heterocycles. The lowest BCUT2D eigenvalue weighted by Crippen LogP contribution is -2.17. The molecule has 0 heterocycles. The van der Waals surface area contributed by atoms with Gasteiger partial charge in [0.05, 0.1) is 7.11 Å². The van der Waals surface area contributed by atoms with Crippen molar-refractivity contribution in [2.45, 2.75) is 19.4 Å². The van der Waals surface area contributed by atoms with Crippen molar-refractivity contribution in [3.05, 3.63) is 53.1 Å². The second kappa shape index (κ2) is 6.64. The predicted octanol–water partition coefficient (Wildman–Crippen LogP) is 4.03. The number of hydrogen-bond donors (Lipinski definition) is 1. The fourth-order valence-electron chi connectivity index (χ4n) is 1.88. The summed E-state index contributed by atoms with van der Waals surface area (Å²) in [6.45, 7) is 1.96. The standard InChI is InChI=1S/C16H18ClNO2/c1-11(18)9-12-3-4-15(10-16(12)17)20-14-7-5-13(19-2)6-8-14/h3-8,10-11H,9,18H2,1-2H3. The molecule has 20 heavy (non-hydrogen) atoms. The maximum absolute atomic E-state index is 6.23. The smallest absolute Gasteiger partial charge is 0.128 e. The summed E-state index contributed by atoms with van der Waals surface area (Å²) >= 11 is 6.23. The molecule has 2 aromatic rings. The van der Waals surface area contributed by atoms with Crippen LogP contribution in [0.3, 0.4) is 0 Å². The molecule has 0 amide bonds. The maximum atomic E-state index is 6.23. The van der Waals surface area contributed by atoms with Gasteiger partial charge in [0.1, 0.15) is 17.2 Å². The quantitative estimate of drug-likeness (QED) is 0.904. The van der Waals surface area contributed by atoms with Gasteiger partial charge in [0.15, 0.2) is 0 Å². The molecule has 3 nitrogen and oxygen atoms in total. The molecule has 0 aliphatic rings. The van der Waals surface area contributed by atoms with E-state index in [1.807, 2.05) is 49.4 Å². The molecule has 0 saturated heterocycles. The van der Waals surface area contributed by atoms with E-state index in [9.17, 15) is 0 Å². The van der Waals surface area contributed by atoms with Gasteiger partial charge in [0, 0.05) is 11.1 Å². The van der Waals surface area contributed by atoms with Gasteiger partial charge < -0.3 is 15.2 Å². The minimum absolute atomic E-state index is 0.0841. The van der Waals surface area contributed by atoms with Gasteiger partial charge in [-0.3, -0.25) is 0 Å². The highest BCUT2D eigenvalue weighted by atomic mass is 35.5. The van der Waals surface area contributed by atoms with E-state index in [2.05, 4.69) is 0 Å². The van der Waals surface area contributed by atoms with Crippen molar-refractivity contribution in [3.8, 4) is 17.2 Å². The van der Waals surface area contributed by atoms with E-state index in [1.165, 1.54) is 0 Å². The third-order valence-electron chi connectivity index (χ3n) is 2.86. The van der Waals surface area contributed by atoms with Gasteiger partial charge in [0.2, 0.25) is 0 Å². The molecule has 1 atom stereocenters. The molecule has 4 heteroatoms. The van der Waals surface area contributed by atoms with Crippen LogP contribution < -0.4 is 15.2 Å². The van der Waals surface area contributed by atoms with Crippen molar-refractivity contribution in [1.82, 2.24) is 0 Å². The van der Waals surface area contributed by atoms with Crippen LogP contribution in [-0.4, -0.2) is 13.2 Å². The zero-order valence-electron chi connectivity index (χ0n) is 11.6. The van der Waals surface area contributed by atoms with Gasteiger partial charge >= 0.3 is 0 Å². The molecule has 2 rings (SSSR count). The van der Waals surface area contributed by atoms with Gasteiger partial charge in [-0.1, -0.05) is 17.7 Å². The third kappa shape index (κ3) is 3.89. The molecular weight excluding hydrogens is 274 g/mol. The summed E-state index contributed by atoms with van der Waals surface area (Å²) in [5, 5.41) is 0.674. The van der Waals surface area contributed by atoms with Crippen molar-refractivity contribution in [3.63, 3.8) is 0 Å². The summed E-state index contributed by atoms with van der Waals surface area (Å²) < 4.78 is 10.9. The topological polar surface area (TPSA) is 44.5 Å². The SMILES string of the molecule is COc1ccc(Oc2ccc(CC(C)N)c(Cl)c2)cc1. The molecule has 0 fully saturated rings. The molecule has 2 aromatic carbocycles. The minimum atomic E-state index is 0.0841. The van der Waals surface area contributed by atoms with Crippen LogP contribution in [0.2, 0.25) is 5.02 Å². The summed E-state index contributed by atoms with van der Waals surface area (Å²) in [5.41, 5.74) is 6.81. The van der Waals surface area contributed by atoms with E-state index in [-0.39, 0.29) is 6.04 Å². The van der Waals surface area contributed by atoms with Crippen LogP contribution in [0, 0.1) is 0 Å². The summed E-state index contributed by atoms with van der Waals surface area (Å²) in [7, 11) is 1.63. The Morgan fingerprint density at radius 1 is 1.05 bits per heavy atom. The summed E-state index contributed by atoms with van der Waals surface area (Å²) in [6.07, 6.45) is 0.752. The number of benzene rings is 2. The van der Waals surface area contributed by atoms with Crippen molar-refractivity contribution in [1.29, 1.82) is 0 Å². The van der Waals surface area contributed by atoms with E-state index >= 15 is 0 Å². The molecule has 0 bridgehead atoms. The molecule has 2 N–H and O–H groups in total. The van der Waals surface area contributed by atoms with Crippen LogP contribution in [0.4, 0.5) is 0 Å². The van der Waals surface area contributed by atoms with E-state index in [0.29, 0.717) is 10.8 Å². The van der Waals surface area contributed by atoms with Crippen molar-refractivity contribution >= 4 is 11.6 Å². The van der Waals surface area contributed by atoms with Gasteiger partial charge in [-0.15, -0.1) is 0 Å². The average molecular weight is 292 g/mol. The first-order valence-corrected chi connectivity index (χ1v) is 6.82. The van der Waals surface area contributed by atoms with E-state index in [4.69, 9.17) is 26.8 Å². The Balaban J connectivity index is 2.11. The molecule has 0 aliphatic carbocycles. The Labute approximate surface area is 124 Å². The highest BCUT2D eigenvalue weighted by Gasteiger charge is 2.06. The Hall–Kier alpha value is -1.71. The van der Waals surface area contributed by atoms with Crippen molar-refractivity contribution < 1.29 is 9.47 Å². The minimum Gasteiger partial charge on any atom is -0.497 e. The number of ether oxygens (including phenoxy) is 2. The molecule has 0 spiro atoms. The monoisotopic (exact) mass is 291 g/mol. The number of nitrogens with two attached hydrogens (primary N) is 1. The molecule has 0 saturated carbocycles. The first-order valence-electron chi connectivity index (χ1n) is 6.44. The molecular formula is C16H18ClNO2. The van der Waals surface area contributed by atoms with Crippen molar-refractivity contribution in [2.75, 3.05) is 7.11 Å². The number of hydrogen-bond acceptors (Lipinski definition) is 3. The second-order valence-electron chi connectivity index (χ2n) is 4.71. The Bertz CT molecular complexity index is 567. The lowest BCUT2D eigenvalue weighted by molar-refractivity contribution is 0.413. The zero-order valence-corrected chi connectivity index (χ0v) is 12.4. The van der Waals surface area contributed by atoms with Crippen LogP contribution in [0.25, 0.3) is 0 Å². The average Bonchev–Trinajstić information content (AvgIpc) is 2.42. The van der Waals surface area contributed by atoms with Crippen LogP contribution in [-0.2, 0) is 6.42 Å². The van der Waals surface area contributed by atoms with Crippen LogP contribution in [0.5, 0.6) is 17.2 Å². The summed E-state index contributed by atoms with van der Waals surface area (Å²) in [4.78, 5) is 0. The van der Waals surface area contributed by atoms with Gasteiger partial charge in [0.25, 0.3) is 0 Å². The van der Waals surface area contributed by atoms with Crippen LogP contribution >= 0.6 is 11.6 Å². The number of methoxy groups -OCH3 is 1. The fraction of sp³-hybridized carbons (Fsp3) is 0.250. The largest absolute Gasteiger partial charge is 0.497 e. The lowest BCUT2D eigenvalue weighted by Gasteiger charge is -2.10. The fourth-order valence-corrected chi connectivity index (χ4v) is 2.13. The lowest BCUT2D eigenvalue weighted by atomic mass is 10.1. The molecule has 0 radical (unpaired) electrons. The number of rotatable bonds is 5. The molecule has 0 aliphatic heterocycles. The number of halogens is 1. The predicted molar refractivity (Wildman–Crippen MR) is 81.9 cm³/mol. The Morgan fingerprint density at radius 3 is 2.20 bits per heavy atom. The van der Waals surface area contributed by atoms with E-state index in [0.717, 1.165) is 23.5 Å². The molecule has 106 valence electrons. The highest BCUT2D eigenvalue weighted by molar-refractivity contribution is 6.31. The Morgan fingerprint density at radius 2 is 1.65 bits per heavy atom.